The summed E-state index contributed by atoms with van der Waals surface area (Å²) in [4.78, 5) is 15.0. The third kappa shape index (κ3) is 4.58. The number of pyridine rings is 1. The third-order valence-electron chi connectivity index (χ3n) is 4.55. The molecule has 1 aromatic heterocycles. The van der Waals surface area contributed by atoms with Crippen molar-refractivity contribution in [3.63, 3.8) is 0 Å². The topological polar surface area (TPSA) is 130 Å². The van der Waals surface area contributed by atoms with Crippen molar-refractivity contribution in [2.45, 2.75) is 39.3 Å². The van der Waals surface area contributed by atoms with E-state index < -0.39 is 11.6 Å². The molecule has 8 nitrogen and oxygen atoms in total. The molecular formula is C21H24N4O4. The molecule has 2 aromatic rings. The Morgan fingerprint density at radius 3 is 2.90 bits per heavy atom. The highest BCUT2D eigenvalue weighted by Gasteiger charge is 2.26. The van der Waals surface area contributed by atoms with Crippen LogP contribution in [0.25, 0.3) is 11.1 Å². The van der Waals surface area contributed by atoms with Crippen LogP contribution in [0.4, 0.5) is 10.6 Å². The van der Waals surface area contributed by atoms with Crippen molar-refractivity contribution >= 4 is 11.9 Å². The second-order valence-corrected chi connectivity index (χ2v) is 7.91. The Kier molecular flexibility index (Phi) is 5.62. The lowest BCUT2D eigenvalue weighted by molar-refractivity contribution is 0.205. The number of nitrogens with zero attached hydrogens (tertiary/aromatic N) is 2. The molecule has 1 aliphatic heterocycles. The number of carboxylic acid groups (broad SMARTS) is 1. The minimum absolute atomic E-state index is 0.204. The van der Waals surface area contributed by atoms with Crippen LogP contribution in [-0.2, 0) is 6.61 Å². The van der Waals surface area contributed by atoms with Gasteiger partial charge < -0.3 is 20.3 Å². The molecule has 0 bridgehead atoms. The smallest absolute Gasteiger partial charge is 0.410 e. The van der Waals surface area contributed by atoms with E-state index in [-0.39, 0.29) is 24.6 Å². The number of rotatable bonds is 6. The van der Waals surface area contributed by atoms with Crippen molar-refractivity contribution in [3.05, 3.63) is 35.5 Å². The van der Waals surface area contributed by atoms with Crippen molar-refractivity contribution in [1.82, 2.24) is 4.98 Å². The summed E-state index contributed by atoms with van der Waals surface area (Å²) in [7, 11) is 0. The zero-order valence-corrected chi connectivity index (χ0v) is 16.7. The summed E-state index contributed by atoms with van der Waals surface area (Å²) in [6.07, 6.45) is 1.15. The van der Waals surface area contributed by atoms with Gasteiger partial charge in [0.2, 0.25) is 0 Å². The summed E-state index contributed by atoms with van der Waals surface area (Å²) in [6, 6.07) is 7.30. The van der Waals surface area contributed by atoms with Gasteiger partial charge in [0, 0.05) is 22.9 Å². The summed E-state index contributed by atoms with van der Waals surface area (Å²) in [6.45, 7) is 6.61. The van der Waals surface area contributed by atoms with E-state index >= 15 is 0 Å². The molecule has 0 radical (unpaired) electrons. The second-order valence-electron chi connectivity index (χ2n) is 7.91. The largest absolute Gasteiger partial charge is 0.490 e. The number of hydrogen-bond acceptors (Lipinski definition) is 6. The highest BCUT2D eigenvalue weighted by molar-refractivity contribution is 5.85. The normalized spacial score (nSPS) is 14.1. The first kappa shape index (κ1) is 20.4. The fourth-order valence-electron chi connectivity index (χ4n) is 3.56. The molecule has 1 atom stereocenters. The molecule has 4 N–H and O–H groups in total. The fraction of sp³-hybridized carbons (Fsp3) is 0.381. The minimum Gasteiger partial charge on any atom is -0.490 e. The van der Waals surface area contributed by atoms with E-state index in [0.29, 0.717) is 23.0 Å². The summed E-state index contributed by atoms with van der Waals surface area (Å²) in [5, 5.41) is 20.9. The maximum absolute atomic E-state index is 10.9. The van der Waals surface area contributed by atoms with E-state index in [4.69, 9.17) is 20.3 Å². The Hall–Kier alpha value is -3.31. The van der Waals surface area contributed by atoms with Crippen LogP contribution in [-0.4, -0.2) is 28.3 Å². The number of nitrogens with one attached hydrogen (secondary N) is 1. The van der Waals surface area contributed by atoms with Crippen molar-refractivity contribution < 1.29 is 19.4 Å². The first-order valence-electron chi connectivity index (χ1n) is 9.31. The molecule has 0 spiro atoms. The average molecular weight is 396 g/mol. The molecule has 8 heteroatoms. The van der Waals surface area contributed by atoms with E-state index in [2.05, 4.69) is 30.2 Å². The molecule has 2 heterocycles. The number of benzene rings is 1. The average Bonchev–Trinajstić information content (AvgIpc) is 2.64. The zero-order valence-electron chi connectivity index (χ0n) is 16.7. The maximum Gasteiger partial charge on any atom is 0.410 e. The molecular weight excluding hydrogens is 372 g/mol. The monoisotopic (exact) mass is 396 g/mol. The number of ether oxygens (including phenoxy) is 2. The Balaban J connectivity index is 1.93. The predicted octanol–water partition coefficient (Wildman–Crippen LogP) is 3.74. The molecule has 0 saturated heterocycles. The predicted molar refractivity (Wildman–Crippen MR) is 108 cm³/mol. The van der Waals surface area contributed by atoms with Crippen LogP contribution in [0.3, 0.4) is 0 Å². The van der Waals surface area contributed by atoms with Crippen molar-refractivity contribution in [3.8, 4) is 28.7 Å². The van der Waals surface area contributed by atoms with Gasteiger partial charge in [0.25, 0.3) is 0 Å². The molecule has 0 aliphatic carbocycles. The molecule has 29 heavy (non-hydrogen) atoms. The highest BCUT2D eigenvalue weighted by Crippen LogP contribution is 2.43. The quantitative estimate of drug-likeness (QED) is 0.678. The number of anilines is 1. The fourth-order valence-corrected chi connectivity index (χ4v) is 3.56. The van der Waals surface area contributed by atoms with Gasteiger partial charge in [-0.2, -0.15) is 5.26 Å². The van der Waals surface area contributed by atoms with Gasteiger partial charge in [-0.05, 0) is 43.0 Å². The molecule has 152 valence electrons. The number of nitriles is 1. The van der Waals surface area contributed by atoms with Crippen LogP contribution in [0.2, 0.25) is 0 Å². The number of aromatic nitrogens is 1. The molecule has 0 saturated carbocycles. The van der Waals surface area contributed by atoms with E-state index in [1.807, 2.05) is 6.92 Å². The summed E-state index contributed by atoms with van der Waals surface area (Å²) in [5.74, 6) is 1.45. The van der Waals surface area contributed by atoms with E-state index in [1.165, 1.54) is 0 Å². The number of hydrogen-bond donors (Lipinski definition) is 3. The van der Waals surface area contributed by atoms with Crippen LogP contribution in [0.5, 0.6) is 11.5 Å². The van der Waals surface area contributed by atoms with E-state index in [1.54, 1.807) is 24.4 Å². The van der Waals surface area contributed by atoms with Gasteiger partial charge in [-0.3, -0.25) is 5.32 Å². The third-order valence-corrected chi connectivity index (χ3v) is 4.55. The van der Waals surface area contributed by atoms with Crippen LogP contribution in [0, 0.1) is 17.2 Å². The minimum atomic E-state index is -1.20. The summed E-state index contributed by atoms with van der Waals surface area (Å²) >= 11 is 0. The number of amides is 1. The molecule has 1 aliphatic rings. The Labute approximate surface area is 169 Å². The standard InChI is InChI=1S/C21H24N4O4/c1-12(2)7-21(3,23)11-29-17-5-4-14-15-6-18(25-20(26)27)24-9-13(15)10-28-19(14)16(17)8-22/h4-6,9,12H,7,10-11,23H2,1-3H3,(H,24,25)(H,26,27). The first-order valence-corrected chi connectivity index (χ1v) is 9.31. The van der Waals surface area contributed by atoms with Gasteiger partial charge >= 0.3 is 6.09 Å². The SMILES string of the molecule is CC(C)CC(C)(N)COc1ccc2c(c1C#N)OCc1cnc(NC(=O)O)cc1-2. The molecule has 3 rings (SSSR count). The van der Waals surface area contributed by atoms with Gasteiger partial charge in [-0.1, -0.05) is 13.8 Å². The van der Waals surface area contributed by atoms with Crippen molar-refractivity contribution in [2.75, 3.05) is 11.9 Å². The van der Waals surface area contributed by atoms with Crippen LogP contribution in [0.15, 0.2) is 24.4 Å². The van der Waals surface area contributed by atoms with Crippen molar-refractivity contribution in [1.29, 1.82) is 5.26 Å². The van der Waals surface area contributed by atoms with Crippen LogP contribution in [0.1, 0.15) is 38.3 Å². The van der Waals surface area contributed by atoms with Crippen molar-refractivity contribution in [2.24, 2.45) is 11.7 Å². The molecule has 1 amide bonds. The number of nitrogens with two attached hydrogens (primary N) is 1. The van der Waals surface area contributed by atoms with Gasteiger partial charge in [0.1, 0.15) is 42.2 Å². The zero-order chi connectivity index (χ0) is 21.2. The molecule has 1 unspecified atom stereocenters. The summed E-state index contributed by atoms with van der Waals surface area (Å²) < 4.78 is 11.7. The second kappa shape index (κ2) is 7.97. The van der Waals surface area contributed by atoms with Gasteiger partial charge in [0.05, 0.1) is 0 Å². The molecule has 1 aromatic carbocycles. The summed E-state index contributed by atoms with van der Waals surface area (Å²) in [5.41, 5.74) is 8.33. The molecule has 0 fully saturated rings. The first-order chi connectivity index (χ1) is 13.7. The lowest BCUT2D eigenvalue weighted by atomic mass is 9.92. The van der Waals surface area contributed by atoms with E-state index in [0.717, 1.165) is 17.5 Å². The van der Waals surface area contributed by atoms with Crippen LogP contribution < -0.4 is 20.5 Å². The number of fused-ring (bicyclic) bond motifs is 3. The maximum atomic E-state index is 10.9. The van der Waals surface area contributed by atoms with Crippen LogP contribution >= 0.6 is 0 Å². The Morgan fingerprint density at radius 2 is 2.24 bits per heavy atom. The van der Waals surface area contributed by atoms with E-state index in [9.17, 15) is 10.1 Å². The Bertz CT molecular complexity index is 979. The highest BCUT2D eigenvalue weighted by atomic mass is 16.5. The van der Waals surface area contributed by atoms with Gasteiger partial charge in [-0.15, -0.1) is 0 Å². The Morgan fingerprint density at radius 1 is 1.48 bits per heavy atom. The van der Waals surface area contributed by atoms with Gasteiger partial charge in [0.15, 0.2) is 0 Å². The van der Waals surface area contributed by atoms with Gasteiger partial charge in [-0.25, -0.2) is 9.78 Å². The number of carbonyl (C=O) groups is 1. The lowest BCUT2D eigenvalue weighted by Gasteiger charge is -2.28. The lowest BCUT2D eigenvalue weighted by Crippen LogP contribution is -2.43.